The Kier molecular flexibility index (Phi) is 4.16. The molecule has 0 unspecified atom stereocenters. The van der Waals surface area contributed by atoms with Crippen LogP contribution >= 0.6 is 0 Å². The molecule has 4 heteroatoms. The van der Waals surface area contributed by atoms with Gasteiger partial charge < -0.3 is 9.64 Å². The molecular formula is C14H17FN2O. The Morgan fingerprint density at radius 3 is 2.78 bits per heavy atom. The molecule has 0 bridgehead atoms. The van der Waals surface area contributed by atoms with E-state index in [1.54, 1.807) is 13.2 Å². The van der Waals surface area contributed by atoms with Gasteiger partial charge in [-0.1, -0.05) is 6.07 Å². The predicted molar refractivity (Wildman–Crippen MR) is 67.9 cm³/mol. The fraction of sp³-hybridized carbons (Fsp3) is 0.500. The summed E-state index contributed by atoms with van der Waals surface area (Å²) in [6.45, 7) is 2.49. The zero-order chi connectivity index (χ0) is 13.0. The molecule has 1 aromatic rings. The van der Waals surface area contributed by atoms with Crippen molar-refractivity contribution in [2.24, 2.45) is 5.92 Å². The van der Waals surface area contributed by atoms with Crippen LogP contribution in [0.1, 0.15) is 18.4 Å². The second-order valence-corrected chi connectivity index (χ2v) is 4.63. The van der Waals surface area contributed by atoms with E-state index in [4.69, 9.17) is 10.00 Å². The van der Waals surface area contributed by atoms with Crippen molar-refractivity contribution in [2.75, 3.05) is 31.7 Å². The maximum Gasteiger partial charge on any atom is 0.143 e. The number of nitrogens with zero attached hydrogens (tertiary/aromatic N) is 2. The Morgan fingerprint density at radius 1 is 1.44 bits per heavy atom. The summed E-state index contributed by atoms with van der Waals surface area (Å²) in [5, 5.41) is 9.03. The molecule has 1 saturated heterocycles. The number of nitriles is 1. The molecule has 0 aromatic heterocycles. The van der Waals surface area contributed by atoms with Gasteiger partial charge in [0.05, 0.1) is 5.69 Å². The second-order valence-electron chi connectivity index (χ2n) is 4.63. The van der Waals surface area contributed by atoms with E-state index >= 15 is 0 Å². The van der Waals surface area contributed by atoms with Crippen LogP contribution in [-0.2, 0) is 4.74 Å². The number of benzene rings is 1. The van der Waals surface area contributed by atoms with Gasteiger partial charge in [0.2, 0.25) is 0 Å². The molecule has 3 nitrogen and oxygen atoms in total. The normalized spacial score (nSPS) is 16.6. The number of rotatable bonds is 3. The second kappa shape index (κ2) is 5.83. The zero-order valence-electron chi connectivity index (χ0n) is 10.5. The van der Waals surface area contributed by atoms with Crippen molar-refractivity contribution in [3.05, 3.63) is 29.6 Å². The monoisotopic (exact) mass is 248 g/mol. The van der Waals surface area contributed by atoms with Crippen molar-refractivity contribution in [2.45, 2.75) is 12.8 Å². The molecule has 0 radical (unpaired) electrons. The van der Waals surface area contributed by atoms with Crippen LogP contribution in [0.15, 0.2) is 18.2 Å². The van der Waals surface area contributed by atoms with Crippen LogP contribution in [0.25, 0.3) is 0 Å². The van der Waals surface area contributed by atoms with Crippen LogP contribution in [0, 0.1) is 23.1 Å². The molecule has 1 fully saturated rings. The highest BCUT2D eigenvalue weighted by Crippen LogP contribution is 2.27. The van der Waals surface area contributed by atoms with E-state index in [9.17, 15) is 4.39 Å². The van der Waals surface area contributed by atoms with Crippen LogP contribution in [-0.4, -0.2) is 26.8 Å². The molecule has 0 atom stereocenters. The predicted octanol–water partition coefficient (Wildman–Crippen LogP) is 2.56. The molecule has 1 aromatic carbocycles. The van der Waals surface area contributed by atoms with Crippen molar-refractivity contribution in [1.29, 1.82) is 5.26 Å². The van der Waals surface area contributed by atoms with Crippen LogP contribution in [0.3, 0.4) is 0 Å². The van der Waals surface area contributed by atoms with Crippen molar-refractivity contribution >= 4 is 5.69 Å². The highest BCUT2D eigenvalue weighted by atomic mass is 19.1. The first-order chi connectivity index (χ1) is 8.76. The van der Waals surface area contributed by atoms with Crippen LogP contribution in [0.4, 0.5) is 10.1 Å². The SMILES string of the molecule is COCC1CCN(c2cccc(F)c2C#N)CC1. The molecule has 0 saturated carbocycles. The summed E-state index contributed by atoms with van der Waals surface area (Å²) >= 11 is 0. The summed E-state index contributed by atoms with van der Waals surface area (Å²) in [4.78, 5) is 2.09. The number of methoxy groups -OCH3 is 1. The summed E-state index contributed by atoms with van der Waals surface area (Å²) in [5.41, 5.74) is 0.871. The van der Waals surface area contributed by atoms with Gasteiger partial charge in [-0.25, -0.2) is 4.39 Å². The third-order valence-corrected chi connectivity index (χ3v) is 3.46. The van der Waals surface area contributed by atoms with E-state index < -0.39 is 5.82 Å². The van der Waals surface area contributed by atoms with E-state index in [0.717, 1.165) is 32.5 Å². The first-order valence-electron chi connectivity index (χ1n) is 6.18. The van der Waals surface area contributed by atoms with Crippen LogP contribution < -0.4 is 4.90 Å². The largest absolute Gasteiger partial charge is 0.384 e. The van der Waals surface area contributed by atoms with Crippen molar-refractivity contribution in [3.8, 4) is 6.07 Å². The molecule has 96 valence electrons. The van der Waals surface area contributed by atoms with Gasteiger partial charge in [-0.3, -0.25) is 0 Å². The number of hydrogen-bond acceptors (Lipinski definition) is 3. The smallest absolute Gasteiger partial charge is 0.143 e. The van der Waals surface area contributed by atoms with Gasteiger partial charge in [-0.2, -0.15) is 5.26 Å². The van der Waals surface area contributed by atoms with Gasteiger partial charge in [0.15, 0.2) is 0 Å². The third kappa shape index (κ3) is 2.62. The first-order valence-corrected chi connectivity index (χ1v) is 6.18. The highest BCUT2D eigenvalue weighted by Gasteiger charge is 2.21. The number of halogens is 1. The standard InChI is InChI=1S/C14H17FN2O/c1-18-10-11-5-7-17(8-6-11)14-4-2-3-13(15)12(14)9-16/h2-4,11H,5-8,10H2,1H3. The minimum Gasteiger partial charge on any atom is -0.384 e. The maximum absolute atomic E-state index is 13.5. The zero-order valence-corrected chi connectivity index (χ0v) is 10.5. The molecule has 1 aliphatic rings. The lowest BCUT2D eigenvalue weighted by molar-refractivity contribution is 0.139. The molecule has 0 spiro atoms. The van der Waals surface area contributed by atoms with Crippen molar-refractivity contribution < 1.29 is 9.13 Å². The molecular weight excluding hydrogens is 231 g/mol. The Morgan fingerprint density at radius 2 is 2.17 bits per heavy atom. The van der Waals surface area contributed by atoms with E-state index in [1.165, 1.54) is 6.07 Å². The summed E-state index contributed by atoms with van der Waals surface area (Å²) in [6.07, 6.45) is 2.05. The quantitative estimate of drug-likeness (QED) is 0.824. The first kappa shape index (κ1) is 12.8. The van der Waals surface area contributed by atoms with E-state index in [-0.39, 0.29) is 5.56 Å². The maximum atomic E-state index is 13.5. The number of piperidine rings is 1. The van der Waals surface area contributed by atoms with E-state index in [0.29, 0.717) is 11.6 Å². The Labute approximate surface area is 107 Å². The Balaban J connectivity index is 2.10. The fourth-order valence-corrected chi connectivity index (χ4v) is 2.46. The van der Waals surface area contributed by atoms with Crippen LogP contribution in [0.2, 0.25) is 0 Å². The van der Waals surface area contributed by atoms with Gasteiger partial charge in [0, 0.05) is 26.8 Å². The minimum absolute atomic E-state index is 0.155. The molecule has 0 amide bonds. The summed E-state index contributed by atoms with van der Waals surface area (Å²) in [7, 11) is 1.72. The van der Waals surface area contributed by atoms with Crippen molar-refractivity contribution in [1.82, 2.24) is 0 Å². The molecule has 1 aliphatic heterocycles. The fourth-order valence-electron chi connectivity index (χ4n) is 2.46. The van der Waals surface area contributed by atoms with Crippen LogP contribution in [0.5, 0.6) is 0 Å². The van der Waals surface area contributed by atoms with Gasteiger partial charge in [0.25, 0.3) is 0 Å². The Hall–Kier alpha value is -1.60. The third-order valence-electron chi connectivity index (χ3n) is 3.46. The van der Waals surface area contributed by atoms with Gasteiger partial charge in [0.1, 0.15) is 17.4 Å². The highest BCUT2D eigenvalue weighted by molar-refractivity contribution is 5.60. The summed E-state index contributed by atoms with van der Waals surface area (Å²) in [6, 6.07) is 6.77. The average Bonchev–Trinajstić information content (AvgIpc) is 2.40. The van der Waals surface area contributed by atoms with E-state index in [2.05, 4.69) is 4.90 Å². The Bertz CT molecular complexity index is 448. The molecule has 18 heavy (non-hydrogen) atoms. The summed E-state index contributed by atoms with van der Waals surface area (Å²) < 4.78 is 18.7. The average molecular weight is 248 g/mol. The summed E-state index contributed by atoms with van der Waals surface area (Å²) in [5.74, 6) is 0.138. The van der Waals surface area contributed by atoms with Crippen molar-refractivity contribution in [3.63, 3.8) is 0 Å². The van der Waals surface area contributed by atoms with Gasteiger partial charge in [-0.05, 0) is 30.9 Å². The van der Waals surface area contributed by atoms with E-state index in [1.807, 2.05) is 12.1 Å². The molecule has 1 heterocycles. The molecule has 0 aliphatic carbocycles. The number of hydrogen-bond donors (Lipinski definition) is 0. The van der Waals surface area contributed by atoms with Gasteiger partial charge in [-0.15, -0.1) is 0 Å². The molecule has 0 N–H and O–H groups in total. The minimum atomic E-state index is -0.436. The lowest BCUT2D eigenvalue weighted by atomic mass is 9.97. The molecule has 2 rings (SSSR count). The lowest BCUT2D eigenvalue weighted by Gasteiger charge is -2.33. The number of anilines is 1. The lowest BCUT2D eigenvalue weighted by Crippen LogP contribution is -2.35. The number of ether oxygens (including phenoxy) is 1. The van der Waals surface area contributed by atoms with Gasteiger partial charge >= 0.3 is 0 Å². The topological polar surface area (TPSA) is 36.3 Å².